The molecule has 1 N–H and O–H groups in total. The van der Waals surface area contributed by atoms with Gasteiger partial charge in [0.25, 0.3) is 11.5 Å². The van der Waals surface area contributed by atoms with Crippen molar-refractivity contribution in [2.75, 3.05) is 11.9 Å². The minimum atomic E-state index is -0.878. The van der Waals surface area contributed by atoms with Crippen molar-refractivity contribution in [2.45, 2.75) is 0 Å². The van der Waals surface area contributed by atoms with Crippen molar-refractivity contribution in [3.63, 3.8) is 0 Å². The normalized spacial score (nSPS) is 10.5. The quantitative estimate of drug-likeness (QED) is 0.749. The fourth-order valence-corrected chi connectivity index (χ4v) is 2.31. The monoisotopic (exact) mass is 371 g/mol. The Labute approximate surface area is 153 Å². The lowest BCUT2D eigenvalue weighted by Gasteiger charge is -2.09. The van der Waals surface area contributed by atoms with Crippen molar-refractivity contribution in [2.24, 2.45) is 7.05 Å². The van der Waals surface area contributed by atoms with E-state index in [4.69, 9.17) is 4.74 Å². The number of amides is 1. The maximum absolute atomic E-state index is 13.5. The van der Waals surface area contributed by atoms with Crippen LogP contribution in [0.15, 0.2) is 59.4 Å². The summed E-state index contributed by atoms with van der Waals surface area (Å²) in [7, 11) is 1.56. The molecule has 0 saturated carbocycles. The molecular weight excluding hydrogens is 356 g/mol. The van der Waals surface area contributed by atoms with Gasteiger partial charge >= 0.3 is 0 Å². The molecule has 0 aliphatic heterocycles. The van der Waals surface area contributed by atoms with Gasteiger partial charge in [0.2, 0.25) is 0 Å². The van der Waals surface area contributed by atoms with Gasteiger partial charge in [-0.25, -0.2) is 13.5 Å². The van der Waals surface area contributed by atoms with E-state index in [2.05, 4.69) is 10.4 Å². The fourth-order valence-electron chi connectivity index (χ4n) is 2.31. The summed E-state index contributed by atoms with van der Waals surface area (Å²) in [5.41, 5.74) is 1.69. The number of hydrogen-bond donors (Lipinski definition) is 1. The SMILES string of the molecule is Cn1nc(-c2ccc(NC(=O)COc3ccc(F)cc3F)cc2)ccc1=O. The Morgan fingerprint density at radius 1 is 1.11 bits per heavy atom. The van der Waals surface area contributed by atoms with Gasteiger partial charge in [0.15, 0.2) is 18.2 Å². The second-order valence-corrected chi connectivity index (χ2v) is 5.67. The number of ether oxygens (including phenoxy) is 1. The third-order valence-electron chi connectivity index (χ3n) is 3.68. The number of aromatic nitrogens is 2. The van der Waals surface area contributed by atoms with Gasteiger partial charge in [-0.3, -0.25) is 9.59 Å². The molecule has 2 aromatic carbocycles. The largest absolute Gasteiger partial charge is 0.481 e. The third-order valence-corrected chi connectivity index (χ3v) is 3.68. The number of rotatable bonds is 5. The smallest absolute Gasteiger partial charge is 0.266 e. The number of carbonyl (C=O) groups is 1. The lowest BCUT2D eigenvalue weighted by atomic mass is 10.1. The van der Waals surface area contributed by atoms with Crippen molar-refractivity contribution in [1.29, 1.82) is 0 Å². The third kappa shape index (κ3) is 4.55. The molecule has 3 aromatic rings. The summed E-state index contributed by atoms with van der Waals surface area (Å²) in [6.07, 6.45) is 0. The number of nitrogens with zero attached hydrogens (tertiary/aromatic N) is 2. The lowest BCUT2D eigenvalue weighted by Crippen LogP contribution is -2.20. The molecule has 27 heavy (non-hydrogen) atoms. The van der Waals surface area contributed by atoms with Crippen LogP contribution in [0.2, 0.25) is 0 Å². The number of nitrogens with one attached hydrogen (secondary N) is 1. The molecule has 0 radical (unpaired) electrons. The van der Waals surface area contributed by atoms with Gasteiger partial charge in [-0.05, 0) is 30.3 Å². The van der Waals surface area contributed by atoms with Gasteiger partial charge < -0.3 is 10.1 Å². The molecular formula is C19H15F2N3O3. The van der Waals surface area contributed by atoms with Crippen molar-refractivity contribution >= 4 is 11.6 Å². The molecule has 138 valence electrons. The maximum atomic E-state index is 13.5. The van der Waals surface area contributed by atoms with Crippen LogP contribution in [0.25, 0.3) is 11.3 Å². The summed E-state index contributed by atoms with van der Waals surface area (Å²) in [4.78, 5) is 23.3. The second-order valence-electron chi connectivity index (χ2n) is 5.67. The molecule has 0 bridgehead atoms. The highest BCUT2D eigenvalue weighted by Crippen LogP contribution is 2.19. The minimum Gasteiger partial charge on any atom is -0.481 e. The van der Waals surface area contributed by atoms with Crippen LogP contribution >= 0.6 is 0 Å². The van der Waals surface area contributed by atoms with Crippen molar-refractivity contribution in [3.05, 3.63) is 76.6 Å². The molecule has 0 aliphatic rings. The van der Waals surface area contributed by atoms with Gasteiger partial charge in [-0.1, -0.05) is 12.1 Å². The molecule has 0 spiro atoms. The van der Waals surface area contributed by atoms with Gasteiger partial charge in [-0.15, -0.1) is 0 Å². The molecule has 0 unspecified atom stereocenters. The molecule has 0 aliphatic carbocycles. The average molecular weight is 371 g/mol. The number of benzene rings is 2. The van der Waals surface area contributed by atoms with E-state index in [9.17, 15) is 18.4 Å². The molecule has 0 fully saturated rings. The van der Waals surface area contributed by atoms with Gasteiger partial charge in [0, 0.05) is 30.4 Å². The molecule has 0 atom stereocenters. The van der Waals surface area contributed by atoms with Crippen molar-refractivity contribution < 1.29 is 18.3 Å². The van der Waals surface area contributed by atoms with E-state index in [0.29, 0.717) is 17.4 Å². The summed E-state index contributed by atoms with van der Waals surface area (Å²) in [6.45, 7) is -0.424. The predicted molar refractivity (Wildman–Crippen MR) is 95.4 cm³/mol. The van der Waals surface area contributed by atoms with E-state index in [0.717, 1.165) is 17.7 Å². The first kappa shape index (κ1) is 18.2. The highest BCUT2D eigenvalue weighted by Gasteiger charge is 2.09. The van der Waals surface area contributed by atoms with E-state index in [1.165, 1.54) is 10.7 Å². The first-order valence-corrected chi connectivity index (χ1v) is 7.95. The first-order chi connectivity index (χ1) is 12.9. The topological polar surface area (TPSA) is 73.2 Å². The summed E-state index contributed by atoms with van der Waals surface area (Å²) < 4.78 is 32.6. The second kappa shape index (κ2) is 7.77. The molecule has 1 heterocycles. The van der Waals surface area contributed by atoms with E-state index < -0.39 is 24.1 Å². The Morgan fingerprint density at radius 2 is 1.85 bits per heavy atom. The number of carbonyl (C=O) groups excluding carboxylic acids is 1. The van der Waals surface area contributed by atoms with Crippen LogP contribution in [-0.2, 0) is 11.8 Å². The standard InChI is InChI=1S/C19H15F2N3O3/c1-24-19(26)9-7-16(23-24)12-2-5-14(6-3-12)22-18(25)11-27-17-8-4-13(20)10-15(17)21/h2-10H,11H2,1H3,(H,22,25). The summed E-state index contributed by atoms with van der Waals surface area (Å²) in [5.74, 6) is -2.30. The van der Waals surface area contributed by atoms with Crippen LogP contribution in [-0.4, -0.2) is 22.3 Å². The number of aryl methyl sites for hydroxylation is 1. The molecule has 1 aromatic heterocycles. The van der Waals surface area contributed by atoms with E-state index >= 15 is 0 Å². The lowest BCUT2D eigenvalue weighted by molar-refractivity contribution is -0.118. The number of halogens is 2. The Kier molecular flexibility index (Phi) is 5.25. The highest BCUT2D eigenvalue weighted by molar-refractivity contribution is 5.92. The number of anilines is 1. The van der Waals surface area contributed by atoms with Gasteiger partial charge in [0.1, 0.15) is 5.82 Å². The highest BCUT2D eigenvalue weighted by atomic mass is 19.1. The van der Waals surface area contributed by atoms with E-state index in [1.807, 2.05) is 0 Å². The maximum Gasteiger partial charge on any atom is 0.266 e. The number of hydrogen-bond acceptors (Lipinski definition) is 4. The van der Waals surface area contributed by atoms with Crippen LogP contribution in [0.5, 0.6) is 5.75 Å². The summed E-state index contributed by atoms with van der Waals surface area (Å²) in [5, 5.41) is 6.75. The Balaban J connectivity index is 1.61. The molecule has 6 nitrogen and oxygen atoms in total. The van der Waals surface area contributed by atoms with Gasteiger partial charge in [-0.2, -0.15) is 5.10 Å². The molecule has 1 amide bonds. The zero-order valence-corrected chi connectivity index (χ0v) is 14.3. The fraction of sp³-hybridized carbons (Fsp3) is 0.105. The Morgan fingerprint density at radius 3 is 2.52 bits per heavy atom. The molecule has 3 rings (SSSR count). The van der Waals surface area contributed by atoms with E-state index in [1.54, 1.807) is 37.4 Å². The van der Waals surface area contributed by atoms with Crippen LogP contribution in [0.4, 0.5) is 14.5 Å². The Bertz CT molecular complexity index is 1030. The van der Waals surface area contributed by atoms with Crippen LogP contribution in [0.3, 0.4) is 0 Å². The summed E-state index contributed by atoms with van der Waals surface area (Å²) >= 11 is 0. The van der Waals surface area contributed by atoms with Crippen LogP contribution < -0.4 is 15.6 Å². The van der Waals surface area contributed by atoms with Gasteiger partial charge in [0.05, 0.1) is 5.69 Å². The minimum absolute atomic E-state index is 0.206. The molecule has 8 heteroatoms. The first-order valence-electron chi connectivity index (χ1n) is 7.95. The summed E-state index contributed by atoms with van der Waals surface area (Å²) in [6, 6.07) is 12.7. The van der Waals surface area contributed by atoms with E-state index in [-0.39, 0.29) is 11.3 Å². The average Bonchev–Trinajstić information content (AvgIpc) is 2.64. The Hall–Kier alpha value is -3.55. The predicted octanol–water partition coefficient (Wildman–Crippen LogP) is 2.74. The van der Waals surface area contributed by atoms with Crippen molar-refractivity contribution in [3.8, 4) is 17.0 Å². The molecule has 0 saturated heterocycles. The van der Waals surface area contributed by atoms with Crippen molar-refractivity contribution in [1.82, 2.24) is 9.78 Å². The zero-order valence-electron chi connectivity index (χ0n) is 14.3. The van der Waals surface area contributed by atoms with Crippen LogP contribution in [0.1, 0.15) is 0 Å². The zero-order chi connectivity index (χ0) is 19.4. The van der Waals surface area contributed by atoms with Crippen LogP contribution in [0, 0.1) is 11.6 Å².